The molecule has 1 heterocycles. The van der Waals surface area contributed by atoms with Gasteiger partial charge in [-0.2, -0.15) is 0 Å². The Morgan fingerprint density at radius 3 is 2.84 bits per heavy atom. The molecule has 0 saturated carbocycles. The molecule has 102 valence electrons. The van der Waals surface area contributed by atoms with E-state index in [0.717, 1.165) is 53.0 Å². The molecular weight excluding hydrogens is 260 g/mol. The molecule has 1 aliphatic rings. The van der Waals surface area contributed by atoms with Crippen LogP contribution in [0.15, 0.2) is 29.2 Å². The van der Waals surface area contributed by atoms with Gasteiger partial charge >= 0.3 is 6.03 Å². The van der Waals surface area contributed by atoms with E-state index in [-0.39, 0.29) is 0 Å². The monoisotopic (exact) mass is 278 g/mol. The van der Waals surface area contributed by atoms with Crippen LogP contribution in [0, 0.1) is 6.92 Å². The van der Waals surface area contributed by atoms with Crippen molar-refractivity contribution in [3.63, 3.8) is 0 Å². The fraction of sp³-hybridized carbons (Fsp3) is 0.357. The number of carbonyl (C=O) groups is 1. The number of allylic oxidation sites excluding steroid dienone is 1. The summed E-state index contributed by atoms with van der Waals surface area (Å²) in [6, 6.07) is 5.28. The largest absolute Gasteiger partial charge is 0.351 e. The number of aryl methyl sites for hydroxylation is 1. The first kappa shape index (κ1) is 14.0. The van der Waals surface area contributed by atoms with Crippen molar-refractivity contribution in [2.24, 2.45) is 5.73 Å². The molecule has 2 amide bonds. The third kappa shape index (κ3) is 3.11. The molecule has 1 aromatic carbocycles. The number of hydrogen-bond acceptors (Lipinski definition) is 3. The molecule has 5 heteroatoms. The van der Waals surface area contributed by atoms with Crippen molar-refractivity contribution < 1.29 is 9.35 Å². The SMILES string of the molecule is Cc1cc(SO)ccc1C1=CCCCCN1C(N)=O. The Morgan fingerprint density at radius 1 is 1.42 bits per heavy atom. The van der Waals surface area contributed by atoms with Gasteiger partial charge in [-0.1, -0.05) is 12.1 Å². The third-order valence-electron chi connectivity index (χ3n) is 3.31. The molecule has 0 fully saturated rings. The normalized spacial score (nSPS) is 15.9. The van der Waals surface area contributed by atoms with Gasteiger partial charge in [-0.3, -0.25) is 4.90 Å². The lowest BCUT2D eigenvalue weighted by atomic mass is 10.0. The van der Waals surface area contributed by atoms with Crippen LogP contribution >= 0.6 is 12.0 Å². The molecule has 0 radical (unpaired) electrons. The van der Waals surface area contributed by atoms with Crippen molar-refractivity contribution in [3.05, 3.63) is 35.4 Å². The highest BCUT2D eigenvalue weighted by molar-refractivity contribution is 7.93. The molecule has 1 aromatic rings. The number of carbonyl (C=O) groups excluding carboxylic acids is 1. The Bertz CT molecular complexity index is 514. The number of amides is 2. The quantitative estimate of drug-likeness (QED) is 0.814. The zero-order valence-electron chi connectivity index (χ0n) is 10.9. The summed E-state index contributed by atoms with van der Waals surface area (Å²) in [5, 5.41) is 0. The Kier molecular flexibility index (Phi) is 4.50. The molecule has 0 spiro atoms. The van der Waals surface area contributed by atoms with E-state index in [9.17, 15) is 4.79 Å². The smallest absolute Gasteiger partial charge is 0.319 e. The number of primary amides is 1. The highest BCUT2D eigenvalue weighted by Gasteiger charge is 2.19. The molecule has 2 rings (SSSR count). The highest BCUT2D eigenvalue weighted by atomic mass is 32.2. The minimum atomic E-state index is -0.409. The maximum Gasteiger partial charge on any atom is 0.319 e. The van der Waals surface area contributed by atoms with E-state index in [1.54, 1.807) is 4.90 Å². The average Bonchev–Trinajstić information content (AvgIpc) is 2.64. The minimum Gasteiger partial charge on any atom is -0.351 e. The number of urea groups is 1. The van der Waals surface area contributed by atoms with Crippen LogP contribution < -0.4 is 5.73 Å². The second kappa shape index (κ2) is 6.12. The van der Waals surface area contributed by atoms with Crippen molar-refractivity contribution in [2.45, 2.75) is 31.1 Å². The molecule has 0 aromatic heterocycles. The Morgan fingerprint density at radius 2 is 2.21 bits per heavy atom. The lowest BCUT2D eigenvalue weighted by molar-refractivity contribution is 0.227. The van der Waals surface area contributed by atoms with Crippen molar-refractivity contribution in [1.82, 2.24) is 4.90 Å². The first-order chi connectivity index (χ1) is 9.13. The maximum absolute atomic E-state index is 11.6. The number of rotatable bonds is 2. The Hall–Kier alpha value is -1.46. The second-order valence-corrected chi connectivity index (χ2v) is 5.30. The van der Waals surface area contributed by atoms with Gasteiger partial charge in [-0.05, 0) is 43.9 Å². The van der Waals surface area contributed by atoms with Gasteiger partial charge in [0.25, 0.3) is 0 Å². The van der Waals surface area contributed by atoms with E-state index in [4.69, 9.17) is 10.3 Å². The number of hydrogen-bond donors (Lipinski definition) is 2. The van der Waals surface area contributed by atoms with Crippen LogP contribution in [0.3, 0.4) is 0 Å². The van der Waals surface area contributed by atoms with Crippen molar-refractivity contribution in [3.8, 4) is 0 Å². The fourth-order valence-corrected chi connectivity index (χ4v) is 2.71. The van der Waals surface area contributed by atoms with Gasteiger partial charge in [-0.25, -0.2) is 4.79 Å². The van der Waals surface area contributed by atoms with Crippen LogP contribution in [0.2, 0.25) is 0 Å². The lowest BCUT2D eigenvalue weighted by Crippen LogP contribution is -2.34. The Labute approximate surface area is 117 Å². The molecule has 0 unspecified atom stereocenters. The molecule has 0 aliphatic carbocycles. The summed E-state index contributed by atoms with van der Waals surface area (Å²) < 4.78 is 9.07. The second-order valence-electron chi connectivity index (χ2n) is 4.64. The molecule has 19 heavy (non-hydrogen) atoms. The number of nitrogens with two attached hydrogens (primary N) is 1. The number of benzene rings is 1. The van der Waals surface area contributed by atoms with Gasteiger partial charge < -0.3 is 10.3 Å². The zero-order chi connectivity index (χ0) is 13.8. The van der Waals surface area contributed by atoms with Crippen LogP contribution in [0.1, 0.15) is 30.4 Å². The van der Waals surface area contributed by atoms with Gasteiger partial charge in [0.1, 0.15) is 0 Å². The van der Waals surface area contributed by atoms with Gasteiger partial charge in [0, 0.05) is 34.7 Å². The summed E-state index contributed by atoms with van der Waals surface area (Å²) >= 11 is 0.725. The standard InChI is InChI=1S/C14H18N2O2S/c1-10-9-11(19-18)6-7-12(10)13-5-3-2-4-8-16(13)14(15)17/h5-7,9,18H,2-4,8H2,1H3,(H2,15,17). The maximum atomic E-state index is 11.6. The van der Waals surface area contributed by atoms with Crippen LogP contribution in [-0.4, -0.2) is 22.0 Å². The minimum absolute atomic E-state index is 0.409. The van der Waals surface area contributed by atoms with Gasteiger partial charge in [0.15, 0.2) is 0 Å². The third-order valence-corrected chi connectivity index (χ3v) is 3.77. The van der Waals surface area contributed by atoms with Crippen molar-refractivity contribution >= 4 is 23.8 Å². The van der Waals surface area contributed by atoms with Gasteiger partial charge in [-0.15, -0.1) is 0 Å². The summed E-state index contributed by atoms with van der Waals surface area (Å²) in [5.74, 6) is 0. The topological polar surface area (TPSA) is 66.6 Å². The first-order valence-electron chi connectivity index (χ1n) is 6.33. The average molecular weight is 278 g/mol. The predicted octanol–water partition coefficient (Wildman–Crippen LogP) is 3.47. The summed E-state index contributed by atoms with van der Waals surface area (Å²) in [6.07, 6.45) is 5.06. The lowest BCUT2D eigenvalue weighted by Gasteiger charge is -2.23. The van der Waals surface area contributed by atoms with E-state index in [2.05, 4.69) is 6.08 Å². The molecule has 3 N–H and O–H groups in total. The summed E-state index contributed by atoms with van der Waals surface area (Å²) in [6.45, 7) is 2.64. The zero-order valence-corrected chi connectivity index (χ0v) is 11.7. The fourth-order valence-electron chi connectivity index (χ4n) is 2.35. The summed E-state index contributed by atoms with van der Waals surface area (Å²) in [5.41, 5.74) is 8.38. The molecule has 0 bridgehead atoms. The Balaban J connectivity index is 2.41. The molecule has 0 atom stereocenters. The highest BCUT2D eigenvalue weighted by Crippen LogP contribution is 2.28. The molecular formula is C14H18N2O2S. The van der Waals surface area contributed by atoms with Crippen molar-refractivity contribution in [1.29, 1.82) is 0 Å². The molecule has 0 saturated heterocycles. The molecule has 4 nitrogen and oxygen atoms in total. The first-order valence-corrected chi connectivity index (χ1v) is 7.10. The van der Waals surface area contributed by atoms with Crippen LogP contribution in [0.5, 0.6) is 0 Å². The van der Waals surface area contributed by atoms with Gasteiger partial charge in [0.2, 0.25) is 0 Å². The van der Waals surface area contributed by atoms with E-state index >= 15 is 0 Å². The summed E-state index contributed by atoms with van der Waals surface area (Å²) in [4.78, 5) is 14.0. The number of nitrogens with zero attached hydrogens (tertiary/aromatic N) is 1. The van der Waals surface area contributed by atoms with Crippen LogP contribution in [0.4, 0.5) is 4.79 Å². The summed E-state index contributed by atoms with van der Waals surface area (Å²) in [7, 11) is 0. The van der Waals surface area contributed by atoms with Crippen LogP contribution in [-0.2, 0) is 0 Å². The van der Waals surface area contributed by atoms with E-state index in [1.165, 1.54) is 0 Å². The van der Waals surface area contributed by atoms with E-state index in [1.807, 2.05) is 25.1 Å². The van der Waals surface area contributed by atoms with Gasteiger partial charge in [0.05, 0.1) is 0 Å². The predicted molar refractivity (Wildman–Crippen MR) is 77.8 cm³/mol. The van der Waals surface area contributed by atoms with E-state index in [0.29, 0.717) is 6.54 Å². The van der Waals surface area contributed by atoms with E-state index < -0.39 is 6.03 Å². The van der Waals surface area contributed by atoms with Crippen LogP contribution in [0.25, 0.3) is 5.70 Å². The molecule has 1 aliphatic heterocycles. The van der Waals surface area contributed by atoms with Crippen molar-refractivity contribution in [2.75, 3.05) is 6.54 Å².